The van der Waals surface area contributed by atoms with E-state index in [0.717, 1.165) is 63.8 Å². The molecule has 0 bridgehead atoms. The third-order valence-corrected chi connectivity index (χ3v) is 7.72. The van der Waals surface area contributed by atoms with Crippen LogP contribution in [0.15, 0.2) is 55.0 Å². The Morgan fingerprint density at radius 3 is 1.89 bits per heavy atom. The molecule has 3 rings (SSSR count). The lowest BCUT2D eigenvalue weighted by Gasteiger charge is -2.08. The van der Waals surface area contributed by atoms with Crippen molar-refractivity contribution in [1.82, 2.24) is 15.0 Å². The Morgan fingerprint density at radius 2 is 1.19 bits per heavy atom. The Bertz CT molecular complexity index is 979. The summed E-state index contributed by atoms with van der Waals surface area (Å²) >= 11 is 0. The summed E-state index contributed by atoms with van der Waals surface area (Å²) in [6.45, 7) is 6.00. The molecule has 198 valence electrons. The van der Waals surface area contributed by atoms with E-state index in [9.17, 15) is 0 Å². The highest BCUT2D eigenvalue weighted by atomic mass is 28.2. The first-order chi connectivity index (χ1) is 18.3. The SMILES string of the molecule is CCCCCCCCOc1ccc(-c2cnc(-c3ccc(OCCCC[Si]CCCC)cc3)cn2)cn1. The van der Waals surface area contributed by atoms with Crippen LogP contribution in [-0.4, -0.2) is 37.7 Å². The third-order valence-electron chi connectivity index (χ3n) is 6.31. The van der Waals surface area contributed by atoms with E-state index >= 15 is 0 Å². The first-order valence-electron chi connectivity index (χ1n) is 14.2. The van der Waals surface area contributed by atoms with Gasteiger partial charge in [0.1, 0.15) is 5.75 Å². The normalized spacial score (nSPS) is 11.0. The van der Waals surface area contributed by atoms with E-state index in [1.54, 1.807) is 12.4 Å². The fourth-order valence-corrected chi connectivity index (χ4v) is 5.35. The van der Waals surface area contributed by atoms with Gasteiger partial charge in [-0.1, -0.05) is 77.3 Å². The Balaban J connectivity index is 1.39. The third kappa shape index (κ3) is 11.0. The predicted octanol–water partition coefficient (Wildman–Crippen LogP) is 8.44. The molecule has 2 radical (unpaired) electrons. The fourth-order valence-electron chi connectivity index (χ4n) is 3.99. The molecule has 0 aliphatic carbocycles. The number of rotatable bonds is 19. The molecule has 0 saturated carbocycles. The van der Waals surface area contributed by atoms with Gasteiger partial charge in [0.05, 0.1) is 37.0 Å². The zero-order valence-electron chi connectivity index (χ0n) is 22.8. The van der Waals surface area contributed by atoms with Crippen molar-refractivity contribution < 1.29 is 9.47 Å². The number of unbranched alkanes of at least 4 members (excludes halogenated alkanes) is 7. The van der Waals surface area contributed by atoms with Gasteiger partial charge in [-0.25, -0.2) is 4.98 Å². The van der Waals surface area contributed by atoms with Gasteiger partial charge < -0.3 is 9.47 Å². The van der Waals surface area contributed by atoms with E-state index in [1.165, 1.54) is 63.5 Å². The van der Waals surface area contributed by atoms with E-state index in [4.69, 9.17) is 9.47 Å². The second kappa shape index (κ2) is 17.7. The Kier molecular flexibility index (Phi) is 13.8. The lowest BCUT2D eigenvalue weighted by atomic mass is 10.1. The van der Waals surface area contributed by atoms with Crippen LogP contribution in [0, 0.1) is 0 Å². The summed E-state index contributed by atoms with van der Waals surface area (Å²) < 4.78 is 11.7. The highest BCUT2D eigenvalue weighted by molar-refractivity contribution is 6.35. The van der Waals surface area contributed by atoms with Crippen molar-refractivity contribution >= 4 is 9.52 Å². The maximum absolute atomic E-state index is 5.91. The number of nitrogens with zero attached hydrogens (tertiary/aromatic N) is 3. The Morgan fingerprint density at radius 1 is 0.568 bits per heavy atom. The van der Waals surface area contributed by atoms with E-state index in [2.05, 4.69) is 28.8 Å². The number of pyridine rings is 1. The van der Waals surface area contributed by atoms with Gasteiger partial charge in [0, 0.05) is 32.9 Å². The minimum absolute atomic E-state index is 0.663. The van der Waals surface area contributed by atoms with Gasteiger partial charge in [-0.2, -0.15) is 0 Å². The molecule has 0 fully saturated rings. The lowest BCUT2D eigenvalue weighted by Crippen LogP contribution is -1.99. The van der Waals surface area contributed by atoms with Crippen LogP contribution in [-0.2, 0) is 0 Å². The molecular formula is C31H43N3O2Si. The quantitative estimate of drug-likeness (QED) is 0.118. The molecule has 6 heteroatoms. The molecule has 0 N–H and O–H groups in total. The zero-order valence-corrected chi connectivity index (χ0v) is 23.8. The maximum atomic E-state index is 5.91. The number of hydrogen-bond donors (Lipinski definition) is 0. The van der Waals surface area contributed by atoms with Crippen LogP contribution in [0.5, 0.6) is 11.6 Å². The molecule has 0 aliphatic heterocycles. The Hall–Kier alpha value is -2.73. The monoisotopic (exact) mass is 517 g/mol. The number of ether oxygens (including phenoxy) is 2. The molecule has 0 amide bonds. The van der Waals surface area contributed by atoms with E-state index in [-0.39, 0.29) is 0 Å². The zero-order chi connectivity index (χ0) is 26.0. The van der Waals surface area contributed by atoms with Crippen LogP contribution in [0.25, 0.3) is 22.5 Å². The molecule has 2 heterocycles. The Labute approximate surface area is 226 Å². The smallest absolute Gasteiger partial charge is 0.213 e. The second-order valence-electron chi connectivity index (χ2n) is 9.47. The topological polar surface area (TPSA) is 57.1 Å². The van der Waals surface area contributed by atoms with Crippen LogP contribution in [0.3, 0.4) is 0 Å². The van der Waals surface area contributed by atoms with Gasteiger partial charge >= 0.3 is 0 Å². The van der Waals surface area contributed by atoms with Crippen molar-refractivity contribution in [1.29, 1.82) is 0 Å². The van der Waals surface area contributed by atoms with Crippen LogP contribution in [0.2, 0.25) is 12.1 Å². The summed E-state index contributed by atoms with van der Waals surface area (Å²) in [7, 11) is 1.11. The largest absolute Gasteiger partial charge is 0.494 e. The number of aromatic nitrogens is 3. The molecule has 0 unspecified atom stereocenters. The van der Waals surface area contributed by atoms with Crippen molar-refractivity contribution in [2.24, 2.45) is 0 Å². The summed E-state index contributed by atoms with van der Waals surface area (Å²) in [5, 5.41) is 0. The molecule has 0 spiro atoms. The van der Waals surface area contributed by atoms with Crippen molar-refractivity contribution in [2.45, 2.75) is 90.1 Å². The number of benzene rings is 1. The van der Waals surface area contributed by atoms with Gasteiger partial charge in [0.15, 0.2) is 0 Å². The minimum Gasteiger partial charge on any atom is -0.494 e. The van der Waals surface area contributed by atoms with Crippen LogP contribution >= 0.6 is 0 Å². The average molecular weight is 518 g/mol. The highest BCUT2D eigenvalue weighted by Gasteiger charge is 2.05. The molecule has 5 nitrogen and oxygen atoms in total. The predicted molar refractivity (Wildman–Crippen MR) is 155 cm³/mol. The van der Waals surface area contributed by atoms with E-state index in [0.29, 0.717) is 5.88 Å². The molecule has 37 heavy (non-hydrogen) atoms. The lowest BCUT2D eigenvalue weighted by molar-refractivity contribution is 0.293. The summed E-state index contributed by atoms with van der Waals surface area (Å²) in [4.78, 5) is 13.7. The van der Waals surface area contributed by atoms with Crippen molar-refractivity contribution in [2.75, 3.05) is 13.2 Å². The van der Waals surface area contributed by atoms with Crippen LogP contribution in [0.4, 0.5) is 0 Å². The first kappa shape index (κ1) is 28.8. The first-order valence-corrected chi connectivity index (χ1v) is 15.6. The second-order valence-corrected chi connectivity index (χ2v) is 11.0. The van der Waals surface area contributed by atoms with Crippen molar-refractivity contribution in [3.05, 3.63) is 55.0 Å². The number of hydrogen-bond acceptors (Lipinski definition) is 5. The van der Waals surface area contributed by atoms with Gasteiger partial charge in [-0.05, 0) is 43.2 Å². The summed E-state index contributed by atoms with van der Waals surface area (Å²) in [6, 6.07) is 14.7. The standard InChI is InChI=1S/C31H43N3O2Si/c1-3-5-7-8-9-10-20-36-31-18-15-27(23-34-31)30-25-32-29(24-33-30)26-13-16-28(17-14-26)35-19-11-12-22-37-21-6-4-2/h13-18,23-25H,3-12,19-22H2,1-2H3. The molecule has 0 atom stereocenters. The van der Waals surface area contributed by atoms with Crippen molar-refractivity contribution in [3.63, 3.8) is 0 Å². The van der Waals surface area contributed by atoms with Gasteiger partial charge in [0.2, 0.25) is 5.88 Å². The molecule has 2 aromatic heterocycles. The van der Waals surface area contributed by atoms with Gasteiger partial charge in [-0.15, -0.1) is 0 Å². The highest BCUT2D eigenvalue weighted by Crippen LogP contribution is 2.23. The fraction of sp³-hybridized carbons (Fsp3) is 0.516. The maximum Gasteiger partial charge on any atom is 0.213 e. The molecule has 1 aromatic carbocycles. The molecule has 0 saturated heterocycles. The van der Waals surface area contributed by atoms with Crippen LogP contribution < -0.4 is 9.47 Å². The van der Waals surface area contributed by atoms with Gasteiger partial charge in [0.25, 0.3) is 0 Å². The average Bonchev–Trinajstić information content (AvgIpc) is 2.95. The summed E-state index contributed by atoms with van der Waals surface area (Å²) in [6.07, 6.45) is 18.0. The van der Waals surface area contributed by atoms with Crippen LogP contribution in [0.1, 0.15) is 78.1 Å². The molecular weight excluding hydrogens is 474 g/mol. The van der Waals surface area contributed by atoms with E-state index < -0.39 is 0 Å². The molecule has 0 aliphatic rings. The minimum atomic E-state index is 0.663. The van der Waals surface area contributed by atoms with E-state index in [1.807, 2.05) is 42.6 Å². The summed E-state index contributed by atoms with van der Waals surface area (Å²) in [5.74, 6) is 1.57. The molecule has 3 aromatic rings. The van der Waals surface area contributed by atoms with Gasteiger partial charge in [-0.3, -0.25) is 9.97 Å². The van der Waals surface area contributed by atoms with Crippen molar-refractivity contribution in [3.8, 4) is 34.1 Å². The summed E-state index contributed by atoms with van der Waals surface area (Å²) in [5.41, 5.74) is 3.60.